The van der Waals surface area contributed by atoms with Crippen LogP contribution in [0.25, 0.3) is 0 Å². The van der Waals surface area contributed by atoms with Gasteiger partial charge in [0.15, 0.2) is 0 Å². The Morgan fingerprint density at radius 2 is 2.39 bits per heavy atom. The van der Waals surface area contributed by atoms with Crippen molar-refractivity contribution < 1.29 is 9.90 Å². The molecule has 0 saturated carbocycles. The summed E-state index contributed by atoms with van der Waals surface area (Å²) in [5.41, 5.74) is 0.811. The Morgan fingerprint density at radius 1 is 1.61 bits per heavy atom. The van der Waals surface area contributed by atoms with E-state index < -0.39 is 5.97 Å². The molecule has 1 saturated heterocycles. The first-order valence-corrected chi connectivity index (χ1v) is 6.23. The highest BCUT2D eigenvalue weighted by Gasteiger charge is 2.20. The zero-order valence-electron chi connectivity index (χ0n) is 10.8. The van der Waals surface area contributed by atoms with Crippen molar-refractivity contribution in [3.05, 3.63) is 23.4 Å². The second-order valence-electron chi connectivity index (χ2n) is 4.79. The zero-order valence-corrected chi connectivity index (χ0v) is 10.8. The van der Waals surface area contributed by atoms with Crippen molar-refractivity contribution in [2.45, 2.75) is 25.8 Å². The average molecular weight is 249 g/mol. The van der Waals surface area contributed by atoms with E-state index in [0.717, 1.165) is 18.9 Å². The maximum atomic E-state index is 10.9. The fraction of sp³-hybridized carbons (Fsp3) is 0.538. The molecule has 1 aliphatic heterocycles. The molecule has 0 bridgehead atoms. The number of likely N-dealkylation sites (tertiary alicyclic amines) is 1. The van der Waals surface area contributed by atoms with E-state index in [9.17, 15) is 4.79 Å². The summed E-state index contributed by atoms with van der Waals surface area (Å²) in [5.74, 6) is -0.181. The van der Waals surface area contributed by atoms with E-state index in [0.29, 0.717) is 11.7 Å². The fourth-order valence-electron chi connectivity index (χ4n) is 2.35. The van der Waals surface area contributed by atoms with Gasteiger partial charge in [-0.05, 0) is 45.5 Å². The van der Waals surface area contributed by atoms with Crippen molar-refractivity contribution in [1.82, 2.24) is 9.88 Å². The number of pyridine rings is 1. The standard InChI is InChI=1S/C13H19N3O2/c1-9-11(13(17)18)5-6-12(15-9)14-8-10-4-3-7-16(10)2/h5-6,10H,3-4,7-8H2,1-2H3,(H,14,15)(H,17,18). The molecule has 0 aromatic carbocycles. The van der Waals surface area contributed by atoms with Gasteiger partial charge in [0.25, 0.3) is 0 Å². The predicted octanol–water partition coefficient (Wildman–Crippen LogP) is 1.59. The third kappa shape index (κ3) is 2.79. The highest BCUT2D eigenvalue weighted by Crippen LogP contribution is 2.16. The van der Waals surface area contributed by atoms with Gasteiger partial charge in [-0.25, -0.2) is 9.78 Å². The molecule has 0 amide bonds. The molecular formula is C13H19N3O2. The number of hydrogen-bond donors (Lipinski definition) is 2. The van der Waals surface area contributed by atoms with Crippen molar-refractivity contribution >= 4 is 11.8 Å². The van der Waals surface area contributed by atoms with Gasteiger partial charge >= 0.3 is 5.97 Å². The molecule has 1 atom stereocenters. The van der Waals surface area contributed by atoms with Gasteiger partial charge < -0.3 is 15.3 Å². The summed E-state index contributed by atoms with van der Waals surface area (Å²) in [5, 5.41) is 12.2. The van der Waals surface area contributed by atoms with E-state index in [1.165, 1.54) is 12.8 Å². The van der Waals surface area contributed by atoms with Gasteiger partial charge in [-0.2, -0.15) is 0 Å². The van der Waals surface area contributed by atoms with E-state index in [2.05, 4.69) is 22.2 Å². The van der Waals surface area contributed by atoms with Gasteiger partial charge in [-0.15, -0.1) is 0 Å². The Morgan fingerprint density at radius 3 is 2.94 bits per heavy atom. The number of anilines is 1. The largest absolute Gasteiger partial charge is 0.478 e. The molecule has 0 aliphatic carbocycles. The summed E-state index contributed by atoms with van der Waals surface area (Å²) in [6.07, 6.45) is 2.45. The number of likely N-dealkylation sites (N-methyl/N-ethyl adjacent to an activating group) is 1. The van der Waals surface area contributed by atoms with E-state index in [1.807, 2.05) is 0 Å². The Labute approximate surface area is 107 Å². The summed E-state index contributed by atoms with van der Waals surface area (Å²) in [7, 11) is 2.13. The first kappa shape index (κ1) is 12.8. The van der Waals surface area contributed by atoms with Crippen LogP contribution < -0.4 is 5.32 Å². The molecule has 2 rings (SSSR count). The monoisotopic (exact) mass is 249 g/mol. The molecule has 5 heteroatoms. The summed E-state index contributed by atoms with van der Waals surface area (Å²) in [4.78, 5) is 17.5. The van der Waals surface area contributed by atoms with Gasteiger partial charge in [0.05, 0.1) is 11.3 Å². The molecule has 2 N–H and O–H groups in total. The van der Waals surface area contributed by atoms with Gasteiger partial charge in [-0.1, -0.05) is 0 Å². The van der Waals surface area contributed by atoms with Crippen molar-refractivity contribution in [2.75, 3.05) is 25.5 Å². The van der Waals surface area contributed by atoms with Gasteiger partial charge in [0.1, 0.15) is 5.82 Å². The first-order chi connectivity index (χ1) is 8.58. The van der Waals surface area contributed by atoms with Gasteiger partial charge in [-0.3, -0.25) is 0 Å². The lowest BCUT2D eigenvalue weighted by atomic mass is 10.2. The minimum absolute atomic E-state index is 0.263. The molecule has 0 spiro atoms. The van der Waals surface area contributed by atoms with Crippen LogP contribution in [-0.4, -0.2) is 47.1 Å². The smallest absolute Gasteiger partial charge is 0.337 e. The van der Waals surface area contributed by atoms with Crippen molar-refractivity contribution in [1.29, 1.82) is 0 Å². The molecule has 98 valence electrons. The Bertz CT molecular complexity index is 448. The number of carbonyl (C=O) groups is 1. The molecule has 2 heterocycles. The first-order valence-electron chi connectivity index (χ1n) is 6.23. The predicted molar refractivity (Wildman–Crippen MR) is 70.1 cm³/mol. The van der Waals surface area contributed by atoms with Crippen LogP contribution in [0.3, 0.4) is 0 Å². The van der Waals surface area contributed by atoms with Crippen LogP contribution in [0, 0.1) is 6.92 Å². The number of carboxylic acid groups (broad SMARTS) is 1. The van der Waals surface area contributed by atoms with Crippen LogP contribution in [0.4, 0.5) is 5.82 Å². The molecule has 0 radical (unpaired) electrons. The zero-order chi connectivity index (χ0) is 13.1. The van der Waals surface area contributed by atoms with Crippen LogP contribution in [0.5, 0.6) is 0 Å². The maximum Gasteiger partial charge on any atom is 0.337 e. The number of nitrogens with zero attached hydrogens (tertiary/aromatic N) is 2. The van der Waals surface area contributed by atoms with E-state index in [-0.39, 0.29) is 5.56 Å². The molecule has 18 heavy (non-hydrogen) atoms. The number of carboxylic acids is 1. The summed E-state index contributed by atoms with van der Waals surface area (Å²) in [6, 6.07) is 3.88. The van der Waals surface area contributed by atoms with Crippen LogP contribution >= 0.6 is 0 Å². The summed E-state index contributed by atoms with van der Waals surface area (Å²) >= 11 is 0. The van der Waals surface area contributed by atoms with Crippen LogP contribution in [0.2, 0.25) is 0 Å². The van der Waals surface area contributed by atoms with Gasteiger partial charge in [0, 0.05) is 12.6 Å². The average Bonchev–Trinajstić information content (AvgIpc) is 2.72. The van der Waals surface area contributed by atoms with Crippen molar-refractivity contribution in [2.24, 2.45) is 0 Å². The van der Waals surface area contributed by atoms with Crippen LogP contribution in [0.15, 0.2) is 12.1 Å². The highest BCUT2D eigenvalue weighted by atomic mass is 16.4. The van der Waals surface area contributed by atoms with Gasteiger partial charge in [0.2, 0.25) is 0 Å². The fourth-order valence-corrected chi connectivity index (χ4v) is 2.35. The molecule has 1 unspecified atom stereocenters. The molecule has 5 nitrogen and oxygen atoms in total. The summed E-state index contributed by atoms with van der Waals surface area (Å²) in [6.45, 7) is 3.72. The Kier molecular flexibility index (Phi) is 3.81. The highest BCUT2D eigenvalue weighted by molar-refractivity contribution is 5.89. The Balaban J connectivity index is 1.98. The quantitative estimate of drug-likeness (QED) is 0.848. The Hall–Kier alpha value is -1.62. The normalized spacial score (nSPS) is 20.0. The van der Waals surface area contributed by atoms with E-state index in [4.69, 9.17) is 5.11 Å². The van der Waals surface area contributed by atoms with Crippen molar-refractivity contribution in [3.63, 3.8) is 0 Å². The molecule has 1 aliphatic rings. The molecule has 1 aromatic rings. The minimum Gasteiger partial charge on any atom is -0.478 e. The number of aromatic carboxylic acids is 1. The minimum atomic E-state index is -0.929. The molecular weight excluding hydrogens is 230 g/mol. The third-order valence-electron chi connectivity index (χ3n) is 3.51. The lowest BCUT2D eigenvalue weighted by Crippen LogP contribution is -2.31. The SMILES string of the molecule is Cc1nc(NCC2CCCN2C)ccc1C(=O)O. The van der Waals surface area contributed by atoms with E-state index >= 15 is 0 Å². The topological polar surface area (TPSA) is 65.5 Å². The van der Waals surface area contributed by atoms with E-state index in [1.54, 1.807) is 19.1 Å². The number of aromatic nitrogens is 1. The van der Waals surface area contributed by atoms with Crippen LogP contribution in [-0.2, 0) is 0 Å². The lowest BCUT2D eigenvalue weighted by molar-refractivity contribution is 0.0695. The summed E-state index contributed by atoms with van der Waals surface area (Å²) < 4.78 is 0. The van der Waals surface area contributed by atoms with Crippen LogP contribution in [0.1, 0.15) is 28.9 Å². The number of nitrogens with one attached hydrogen (secondary N) is 1. The third-order valence-corrected chi connectivity index (χ3v) is 3.51. The number of rotatable bonds is 4. The molecule has 1 fully saturated rings. The lowest BCUT2D eigenvalue weighted by Gasteiger charge is -2.20. The second kappa shape index (κ2) is 5.35. The van der Waals surface area contributed by atoms with Crippen molar-refractivity contribution in [3.8, 4) is 0 Å². The molecule has 1 aromatic heterocycles. The number of hydrogen-bond acceptors (Lipinski definition) is 4. The maximum absolute atomic E-state index is 10.9. The number of aryl methyl sites for hydroxylation is 1. The second-order valence-corrected chi connectivity index (χ2v) is 4.79.